The van der Waals surface area contributed by atoms with Crippen LogP contribution in [0.4, 0.5) is 0 Å². The minimum atomic E-state index is -3.38. The van der Waals surface area contributed by atoms with E-state index in [2.05, 4.69) is 5.32 Å². The van der Waals surface area contributed by atoms with Crippen LogP contribution in [0, 0.1) is 0 Å². The molecule has 25 heavy (non-hydrogen) atoms. The molecule has 2 saturated heterocycles. The number of carbonyl (C=O) groups excluding carboxylic acids is 2. The second kappa shape index (κ2) is 9.52. The number of likely N-dealkylation sites (tertiary alicyclic amines) is 1. The molecule has 0 radical (unpaired) electrons. The summed E-state index contributed by atoms with van der Waals surface area (Å²) in [5.41, 5.74) is 0. The molecular formula is C17H31N3O4S. The van der Waals surface area contributed by atoms with E-state index in [1.807, 2.05) is 6.92 Å². The average Bonchev–Trinajstić information content (AvgIpc) is 2.79. The number of amides is 2. The summed E-state index contributed by atoms with van der Waals surface area (Å²) in [5.74, 6) is -0.00259. The predicted octanol–water partition coefficient (Wildman–Crippen LogP) is 1.10. The SMILES string of the molecule is CCCS(=O)(=O)N1CCCCC1C(=O)NCCN1CCCCCC1=O. The topological polar surface area (TPSA) is 86.8 Å². The zero-order chi connectivity index (χ0) is 18.3. The number of hydrogen-bond donors (Lipinski definition) is 1. The lowest BCUT2D eigenvalue weighted by molar-refractivity contribution is -0.131. The molecule has 1 N–H and O–H groups in total. The highest BCUT2D eigenvalue weighted by molar-refractivity contribution is 7.89. The molecule has 0 saturated carbocycles. The Bertz CT molecular complexity index is 564. The molecular weight excluding hydrogens is 342 g/mol. The van der Waals surface area contributed by atoms with E-state index in [4.69, 9.17) is 0 Å². The van der Waals surface area contributed by atoms with Crippen LogP contribution >= 0.6 is 0 Å². The fourth-order valence-electron chi connectivity index (χ4n) is 3.58. The average molecular weight is 374 g/mol. The molecule has 7 nitrogen and oxygen atoms in total. The van der Waals surface area contributed by atoms with E-state index < -0.39 is 16.1 Å². The fraction of sp³-hybridized carbons (Fsp3) is 0.882. The van der Waals surface area contributed by atoms with Crippen LogP contribution in [-0.2, 0) is 19.6 Å². The summed E-state index contributed by atoms with van der Waals surface area (Å²) in [5, 5.41) is 2.85. The summed E-state index contributed by atoms with van der Waals surface area (Å²) < 4.78 is 26.2. The Balaban J connectivity index is 1.88. The molecule has 2 heterocycles. The highest BCUT2D eigenvalue weighted by Crippen LogP contribution is 2.21. The van der Waals surface area contributed by atoms with E-state index in [1.165, 1.54) is 4.31 Å². The fourth-order valence-corrected chi connectivity index (χ4v) is 5.33. The van der Waals surface area contributed by atoms with Gasteiger partial charge in [0.2, 0.25) is 21.8 Å². The monoisotopic (exact) mass is 373 g/mol. The van der Waals surface area contributed by atoms with Crippen LogP contribution in [0.5, 0.6) is 0 Å². The van der Waals surface area contributed by atoms with Gasteiger partial charge >= 0.3 is 0 Å². The molecule has 2 amide bonds. The maximum atomic E-state index is 12.5. The largest absolute Gasteiger partial charge is 0.353 e. The summed E-state index contributed by atoms with van der Waals surface area (Å²) in [7, 11) is -3.38. The Morgan fingerprint density at radius 3 is 2.68 bits per heavy atom. The van der Waals surface area contributed by atoms with Crippen molar-refractivity contribution in [2.24, 2.45) is 0 Å². The van der Waals surface area contributed by atoms with Crippen molar-refractivity contribution in [1.82, 2.24) is 14.5 Å². The molecule has 0 aliphatic carbocycles. The van der Waals surface area contributed by atoms with Crippen molar-refractivity contribution in [3.8, 4) is 0 Å². The van der Waals surface area contributed by atoms with Crippen molar-refractivity contribution < 1.29 is 18.0 Å². The summed E-state index contributed by atoms with van der Waals surface area (Å²) in [6, 6.07) is -0.606. The van der Waals surface area contributed by atoms with Gasteiger partial charge in [-0.3, -0.25) is 9.59 Å². The highest BCUT2D eigenvalue weighted by atomic mass is 32.2. The van der Waals surface area contributed by atoms with Gasteiger partial charge in [0.25, 0.3) is 0 Å². The van der Waals surface area contributed by atoms with Crippen molar-refractivity contribution in [2.45, 2.75) is 64.3 Å². The van der Waals surface area contributed by atoms with E-state index >= 15 is 0 Å². The third-order valence-corrected chi connectivity index (χ3v) is 7.00. The lowest BCUT2D eigenvalue weighted by Gasteiger charge is -2.33. The van der Waals surface area contributed by atoms with Gasteiger partial charge < -0.3 is 10.2 Å². The molecule has 0 spiro atoms. The first kappa shape index (κ1) is 20.2. The minimum absolute atomic E-state index is 0.0824. The maximum Gasteiger partial charge on any atom is 0.238 e. The van der Waals surface area contributed by atoms with E-state index in [-0.39, 0.29) is 17.6 Å². The second-order valence-corrected chi connectivity index (χ2v) is 8.96. The Morgan fingerprint density at radius 2 is 1.92 bits per heavy atom. The standard InChI is InChI=1S/C17H31N3O4S/c1-2-14-25(23,24)20-12-7-5-8-15(20)17(22)18-10-13-19-11-6-3-4-9-16(19)21/h15H,2-14H2,1H3,(H,18,22). The maximum absolute atomic E-state index is 12.5. The third-order valence-electron chi connectivity index (χ3n) is 4.93. The first-order valence-electron chi connectivity index (χ1n) is 9.50. The van der Waals surface area contributed by atoms with Crippen LogP contribution in [0.3, 0.4) is 0 Å². The molecule has 0 aromatic carbocycles. The van der Waals surface area contributed by atoms with E-state index in [0.29, 0.717) is 38.9 Å². The van der Waals surface area contributed by atoms with E-state index in [1.54, 1.807) is 4.90 Å². The number of nitrogens with zero attached hydrogens (tertiary/aromatic N) is 2. The molecule has 1 atom stereocenters. The Hall–Kier alpha value is -1.15. The molecule has 2 aliphatic rings. The predicted molar refractivity (Wildman–Crippen MR) is 96.5 cm³/mol. The molecule has 0 aromatic rings. The third kappa shape index (κ3) is 5.67. The van der Waals surface area contributed by atoms with Gasteiger partial charge in [0.05, 0.1) is 5.75 Å². The quantitative estimate of drug-likeness (QED) is 0.724. The van der Waals surface area contributed by atoms with Crippen LogP contribution < -0.4 is 5.32 Å². The van der Waals surface area contributed by atoms with Crippen LogP contribution in [0.2, 0.25) is 0 Å². The number of rotatable bonds is 7. The molecule has 2 aliphatic heterocycles. The van der Waals surface area contributed by atoms with E-state index in [0.717, 1.165) is 38.6 Å². The van der Waals surface area contributed by atoms with Crippen molar-refractivity contribution in [1.29, 1.82) is 0 Å². The smallest absolute Gasteiger partial charge is 0.238 e. The van der Waals surface area contributed by atoms with Gasteiger partial charge in [0.1, 0.15) is 6.04 Å². The first-order chi connectivity index (χ1) is 12.0. The molecule has 0 bridgehead atoms. The molecule has 8 heteroatoms. The van der Waals surface area contributed by atoms with Crippen LogP contribution in [0.1, 0.15) is 58.3 Å². The Kier molecular flexibility index (Phi) is 7.68. The van der Waals surface area contributed by atoms with Gasteiger partial charge in [-0.25, -0.2) is 8.42 Å². The summed E-state index contributed by atoms with van der Waals surface area (Å²) in [6.45, 7) is 3.87. The van der Waals surface area contributed by atoms with Crippen molar-refractivity contribution in [3.63, 3.8) is 0 Å². The van der Waals surface area contributed by atoms with Gasteiger partial charge in [0.15, 0.2) is 0 Å². The van der Waals surface area contributed by atoms with E-state index in [9.17, 15) is 18.0 Å². The lowest BCUT2D eigenvalue weighted by Crippen LogP contribution is -2.53. The minimum Gasteiger partial charge on any atom is -0.353 e. The Morgan fingerprint density at radius 1 is 1.16 bits per heavy atom. The molecule has 0 aromatic heterocycles. The second-order valence-electron chi connectivity index (χ2n) is 6.92. The molecule has 2 fully saturated rings. The zero-order valence-corrected chi connectivity index (χ0v) is 16.0. The normalized spacial score (nSPS) is 23.3. The number of carbonyl (C=O) groups is 2. The van der Waals surface area contributed by atoms with Gasteiger partial charge in [-0.2, -0.15) is 4.31 Å². The lowest BCUT2D eigenvalue weighted by atomic mass is 10.0. The highest BCUT2D eigenvalue weighted by Gasteiger charge is 2.36. The zero-order valence-electron chi connectivity index (χ0n) is 15.2. The molecule has 144 valence electrons. The summed E-state index contributed by atoms with van der Waals surface area (Å²) in [6.07, 6.45) is 6.37. The summed E-state index contributed by atoms with van der Waals surface area (Å²) in [4.78, 5) is 26.3. The van der Waals surface area contributed by atoms with Crippen molar-refractivity contribution in [3.05, 3.63) is 0 Å². The van der Waals surface area contributed by atoms with Crippen molar-refractivity contribution >= 4 is 21.8 Å². The van der Waals surface area contributed by atoms with Crippen LogP contribution in [0.15, 0.2) is 0 Å². The van der Waals surface area contributed by atoms with Gasteiger partial charge in [-0.1, -0.05) is 19.8 Å². The van der Waals surface area contributed by atoms with Crippen molar-refractivity contribution in [2.75, 3.05) is 31.9 Å². The number of sulfonamides is 1. The number of nitrogens with one attached hydrogen (secondary N) is 1. The first-order valence-corrected chi connectivity index (χ1v) is 11.1. The Labute approximate surface area is 151 Å². The summed E-state index contributed by atoms with van der Waals surface area (Å²) >= 11 is 0. The number of piperidine rings is 1. The van der Waals surface area contributed by atoms with Crippen LogP contribution in [-0.4, -0.2) is 67.4 Å². The van der Waals surface area contributed by atoms with Gasteiger partial charge in [-0.15, -0.1) is 0 Å². The van der Waals surface area contributed by atoms with Crippen LogP contribution in [0.25, 0.3) is 0 Å². The molecule has 1 unspecified atom stereocenters. The van der Waals surface area contributed by atoms with Gasteiger partial charge in [-0.05, 0) is 32.1 Å². The molecule has 2 rings (SSSR count). The van der Waals surface area contributed by atoms with Gasteiger partial charge in [0, 0.05) is 32.6 Å². The number of hydrogen-bond acceptors (Lipinski definition) is 4.